The van der Waals surface area contributed by atoms with Crippen molar-refractivity contribution in [1.82, 2.24) is 30.2 Å². The number of aromatic nitrogens is 4. The van der Waals surface area contributed by atoms with E-state index in [4.69, 9.17) is 19.5 Å². The van der Waals surface area contributed by atoms with Crippen LogP contribution in [-0.4, -0.2) is 134 Å². The van der Waals surface area contributed by atoms with E-state index >= 15 is 0 Å². The number of nitrogens with one attached hydrogen (secondary N) is 2. The van der Waals surface area contributed by atoms with Gasteiger partial charge in [-0.2, -0.15) is 4.31 Å². The Kier molecular flexibility index (Phi) is 19.2. The molecule has 30 heteroatoms. The molecular formula is C30H50N7O19P3S. The normalized spacial score (nSPS) is 21.5. The molecule has 340 valence electrons. The number of phosphoric ester groups is 3. The van der Waals surface area contributed by atoms with Crippen LogP contribution in [0.15, 0.2) is 12.7 Å². The molecule has 1 fully saturated rings. The van der Waals surface area contributed by atoms with Crippen molar-refractivity contribution in [2.24, 2.45) is 11.3 Å². The van der Waals surface area contributed by atoms with E-state index in [2.05, 4.69) is 34.4 Å². The highest BCUT2D eigenvalue weighted by Crippen LogP contribution is 2.61. The molecule has 0 radical (unpaired) electrons. The van der Waals surface area contributed by atoms with Crippen LogP contribution < -0.4 is 16.4 Å². The number of nitrogens with zero attached hydrogens (tertiary/aromatic N) is 4. The lowest BCUT2D eigenvalue weighted by molar-refractivity contribution is -0.144. The van der Waals surface area contributed by atoms with E-state index in [1.54, 1.807) is 0 Å². The molecule has 3 rings (SSSR count). The number of hydrogen-bond donors (Lipinski definition) is 10. The number of rotatable bonds is 26. The summed E-state index contributed by atoms with van der Waals surface area (Å²) >= 11 is 0.790. The maximum atomic E-state index is 12.7. The highest BCUT2D eigenvalue weighted by atomic mass is 32.2. The monoisotopic (exact) mass is 937 g/mol. The minimum absolute atomic E-state index is 0.0195. The van der Waals surface area contributed by atoms with Gasteiger partial charge in [-0.05, 0) is 6.42 Å². The molecule has 3 unspecified atom stereocenters. The van der Waals surface area contributed by atoms with Gasteiger partial charge in [0.25, 0.3) is 0 Å². The van der Waals surface area contributed by atoms with Gasteiger partial charge >= 0.3 is 29.4 Å². The number of carboxylic acid groups (broad SMARTS) is 1. The molecule has 26 nitrogen and oxygen atoms in total. The number of fused-ring (bicyclic) bond motifs is 1. The highest BCUT2D eigenvalue weighted by Gasteiger charge is 2.50. The van der Waals surface area contributed by atoms with Gasteiger partial charge in [-0.15, -0.1) is 0 Å². The van der Waals surface area contributed by atoms with Crippen molar-refractivity contribution in [1.29, 1.82) is 0 Å². The molecule has 1 aliphatic rings. The van der Waals surface area contributed by atoms with Crippen molar-refractivity contribution >= 4 is 75.1 Å². The van der Waals surface area contributed by atoms with Gasteiger partial charge < -0.3 is 56.0 Å². The Balaban J connectivity index is 1.46. The van der Waals surface area contributed by atoms with Crippen molar-refractivity contribution in [3.8, 4) is 0 Å². The Morgan fingerprint density at radius 3 is 2.35 bits per heavy atom. The lowest BCUT2D eigenvalue weighted by Gasteiger charge is -2.30. The van der Waals surface area contributed by atoms with Gasteiger partial charge in [0, 0.05) is 30.7 Å². The number of anilines is 1. The fourth-order valence-electron chi connectivity index (χ4n) is 5.50. The minimum atomic E-state index is -5.60. The van der Waals surface area contributed by atoms with Gasteiger partial charge in [0.1, 0.15) is 42.2 Å². The maximum absolute atomic E-state index is 12.7. The molecule has 60 heavy (non-hydrogen) atoms. The van der Waals surface area contributed by atoms with E-state index in [-0.39, 0.29) is 48.7 Å². The zero-order valence-corrected chi connectivity index (χ0v) is 36.0. The Morgan fingerprint density at radius 1 is 1.02 bits per heavy atom. The number of imidazole rings is 1. The molecule has 0 spiro atoms. The molecule has 11 N–H and O–H groups in total. The van der Waals surface area contributed by atoms with Gasteiger partial charge in [0.05, 0.1) is 19.5 Å². The number of nitrogen functional groups attached to an aromatic ring is 1. The first kappa shape index (κ1) is 51.4. The molecule has 2 aromatic heterocycles. The summed E-state index contributed by atoms with van der Waals surface area (Å²) in [5, 5.41) is 35.2. The zero-order valence-electron chi connectivity index (χ0n) is 32.5. The van der Waals surface area contributed by atoms with Crippen LogP contribution in [0.4, 0.5) is 5.82 Å². The van der Waals surface area contributed by atoms with Gasteiger partial charge in [-0.25, -0.2) is 28.6 Å². The number of nitrogens with two attached hydrogens (primary N) is 1. The fourth-order valence-corrected chi connectivity index (χ4v) is 9.15. The van der Waals surface area contributed by atoms with Crippen LogP contribution in [0.1, 0.15) is 65.5 Å². The second-order valence-corrected chi connectivity index (χ2v) is 19.3. The van der Waals surface area contributed by atoms with Crippen LogP contribution in [0.3, 0.4) is 0 Å². The van der Waals surface area contributed by atoms with E-state index in [9.17, 15) is 67.8 Å². The van der Waals surface area contributed by atoms with E-state index in [0.29, 0.717) is 6.42 Å². The molecule has 3 heterocycles. The SMILES string of the molecule is CCCCCCC(C(=O)O)C(=O)SCCNC(=O)CCNC(=O)[C@H](O)C(C)(C)COP(=O)(O)OP(=O)(O)OC[C@H]1O[C@@H](n2cnc3c(N)ncnc32)[C@H](O)[C@@H]1OP(=O)(O)O. The topological polar surface area (TPSA) is 401 Å². The quantitative estimate of drug-likeness (QED) is 0.0345. The molecule has 0 bridgehead atoms. The van der Waals surface area contributed by atoms with Gasteiger partial charge in [0.15, 0.2) is 17.7 Å². The first-order chi connectivity index (χ1) is 27.9. The second-order valence-electron chi connectivity index (χ2n) is 14.0. The van der Waals surface area contributed by atoms with E-state index in [0.717, 1.165) is 48.2 Å². The number of carbonyl (C=O) groups excluding carboxylic acids is 3. The molecule has 0 aromatic carbocycles. The smallest absolute Gasteiger partial charge is 0.481 e. The van der Waals surface area contributed by atoms with Crippen LogP contribution in [0.25, 0.3) is 11.2 Å². The number of hydrogen-bond acceptors (Lipinski definition) is 19. The summed E-state index contributed by atoms with van der Waals surface area (Å²) < 4.78 is 62.1. The molecule has 1 saturated heterocycles. The fraction of sp³-hybridized carbons (Fsp3) is 0.700. The number of aliphatic hydroxyl groups excluding tert-OH is 2. The average Bonchev–Trinajstić information content (AvgIpc) is 3.71. The van der Waals surface area contributed by atoms with Crippen LogP contribution in [0, 0.1) is 11.3 Å². The maximum Gasteiger partial charge on any atom is 0.481 e. The van der Waals surface area contributed by atoms with Crippen molar-refractivity contribution in [2.75, 3.05) is 37.8 Å². The minimum Gasteiger partial charge on any atom is -0.481 e. The Morgan fingerprint density at radius 2 is 1.70 bits per heavy atom. The number of thioether (sulfide) groups is 1. The third-order valence-electron chi connectivity index (χ3n) is 8.68. The number of aliphatic hydroxyl groups is 2. The summed E-state index contributed by atoms with van der Waals surface area (Å²) in [4.78, 5) is 99.6. The largest absolute Gasteiger partial charge is 0.481 e. The standard InChI is InChI=1S/C30H50N7O19P3S/c1-4-5-6-7-8-17(28(42)43)29(44)60-12-11-32-19(38)9-10-33-26(41)23(40)30(2,3)14-53-59(50,51)56-58(48,49)52-13-18-22(55-57(45,46)47)21(39)27(54-18)37-16-36-20-24(31)34-15-35-25(20)37/h15-18,21-23,27,39-40H,4-14H2,1-3H3,(H,32,38)(H,33,41)(H,42,43)(H,48,49)(H,50,51)(H2,31,34,35)(H2,45,46,47)/t17?,18-,21-,22-,23+,27-/m1/s1. The molecule has 0 aliphatic carbocycles. The Hall–Kier alpha value is -2.97. The summed E-state index contributed by atoms with van der Waals surface area (Å²) in [5.41, 5.74) is 4.20. The summed E-state index contributed by atoms with van der Waals surface area (Å²) in [6, 6.07) is 0. The molecule has 1 aliphatic heterocycles. The van der Waals surface area contributed by atoms with Crippen molar-refractivity contribution < 1.29 is 90.4 Å². The number of carbonyl (C=O) groups is 4. The molecule has 2 amide bonds. The lowest BCUT2D eigenvalue weighted by Crippen LogP contribution is -2.46. The third-order valence-corrected chi connectivity index (χ3v) is 12.8. The molecule has 8 atom stereocenters. The number of aliphatic carboxylic acids is 1. The van der Waals surface area contributed by atoms with Gasteiger partial charge in [0.2, 0.25) is 16.9 Å². The Labute approximate surface area is 346 Å². The van der Waals surface area contributed by atoms with E-state index in [1.165, 1.54) is 13.8 Å². The lowest BCUT2D eigenvalue weighted by atomic mass is 9.87. The number of phosphoric acid groups is 3. The summed E-state index contributed by atoms with van der Waals surface area (Å²) in [7, 11) is -16.5. The van der Waals surface area contributed by atoms with E-state index < -0.39 is 102 Å². The highest BCUT2D eigenvalue weighted by molar-refractivity contribution is 8.13. The first-order valence-corrected chi connectivity index (χ1v) is 23.7. The average molecular weight is 938 g/mol. The van der Waals surface area contributed by atoms with Crippen LogP contribution in [0.5, 0.6) is 0 Å². The number of carboxylic acids is 1. The zero-order chi connectivity index (χ0) is 45.1. The van der Waals surface area contributed by atoms with E-state index in [1.807, 2.05) is 6.92 Å². The van der Waals surface area contributed by atoms with Crippen LogP contribution in [0.2, 0.25) is 0 Å². The van der Waals surface area contributed by atoms with Gasteiger partial charge in [-0.3, -0.25) is 37.3 Å². The molecular weight excluding hydrogens is 887 g/mol. The number of ether oxygens (including phenoxy) is 1. The van der Waals surface area contributed by atoms with Crippen LogP contribution in [-0.2, 0) is 55.5 Å². The summed E-state index contributed by atoms with van der Waals surface area (Å²) in [6.45, 7) is 2.16. The molecule has 0 saturated carbocycles. The summed E-state index contributed by atoms with van der Waals surface area (Å²) in [6.07, 6.45) is -3.57. The predicted octanol–water partition coefficient (Wildman–Crippen LogP) is 0.336. The number of unbranched alkanes of at least 4 members (excludes halogenated alkanes) is 3. The predicted molar refractivity (Wildman–Crippen MR) is 207 cm³/mol. The summed E-state index contributed by atoms with van der Waals surface area (Å²) in [5.74, 6) is -3.83. The van der Waals surface area contributed by atoms with Crippen molar-refractivity contribution in [3.05, 3.63) is 12.7 Å². The third kappa shape index (κ3) is 15.7. The molecule has 2 aromatic rings. The second kappa shape index (κ2) is 22.4. The Bertz CT molecular complexity index is 1950. The number of amides is 2. The van der Waals surface area contributed by atoms with Crippen molar-refractivity contribution in [2.45, 2.75) is 89.9 Å². The first-order valence-electron chi connectivity index (χ1n) is 18.2. The van der Waals surface area contributed by atoms with Crippen molar-refractivity contribution in [3.63, 3.8) is 0 Å². The van der Waals surface area contributed by atoms with Gasteiger partial charge in [-0.1, -0.05) is 58.2 Å². The van der Waals surface area contributed by atoms with Crippen LogP contribution >= 0.6 is 35.2 Å².